The molecule has 0 aromatic carbocycles. The molecule has 0 amide bonds. The fourth-order valence-corrected chi connectivity index (χ4v) is 2.74. The molecule has 0 aromatic heterocycles. The van der Waals surface area contributed by atoms with Gasteiger partial charge in [0.15, 0.2) is 0 Å². The molecule has 3 unspecified atom stereocenters. The van der Waals surface area contributed by atoms with Crippen LogP contribution in [0.2, 0.25) is 0 Å². The zero-order valence-electron chi connectivity index (χ0n) is 11.5. The number of aliphatic hydroxyl groups excluding tert-OH is 2. The Bertz CT molecular complexity index is 216. The summed E-state index contributed by atoms with van der Waals surface area (Å²) in [5.41, 5.74) is 5.62. The van der Waals surface area contributed by atoms with Crippen LogP contribution in [0.1, 0.15) is 26.2 Å². The van der Waals surface area contributed by atoms with Crippen LogP contribution in [-0.4, -0.2) is 66.6 Å². The molecule has 0 aromatic rings. The number of nitrogens with one attached hydrogen (secondary N) is 1. The molecule has 1 aliphatic heterocycles. The fourth-order valence-electron chi connectivity index (χ4n) is 2.74. The van der Waals surface area contributed by atoms with E-state index in [-0.39, 0.29) is 12.7 Å². The Morgan fingerprint density at radius 3 is 2.83 bits per heavy atom. The van der Waals surface area contributed by atoms with Crippen LogP contribution in [0.3, 0.4) is 0 Å². The van der Waals surface area contributed by atoms with E-state index in [1.165, 1.54) is 0 Å². The Labute approximate surface area is 110 Å². The minimum atomic E-state index is -0.215. The lowest BCUT2D eigenvalue weighted by Gasteiger charge is -2.39. The second-order valence-corrected chi connectivity index (χ2v) is 5.25. The summed E-state index contributed by atoms with van der Waals surface area (Å²) in [5.74, 6) is 0.335. The minimum Gasteiger partial charge on any atom is -0.396 e. The number of rotatable bonds is 8. The first-order valence-corrected chi connectivity index (χ1v) is 7.16. The van der Waals surface area contributed by atoms with Crippen molar-refractivity contribution in [3.8, 4) is 0 Å². The van der Waals surface area contributed by atoms with Crippen molar-refractivity contribution in [3.05, 3.63) is 0 Å². The zero-order valence-corrected chi connectivity index (χ0v) is 11.5. The molecule has 0 aliphatic carbocycles. The summed E-state index contributed by atoms with van der Waals surface area (Å²) in [4.78, 5) is 2.34. The van der Waals surface area contributed by atoms with Crippen LogP contribution in [-0.2, 0) is 0 Å². The maximum absolute atomic E-state index is 10.0. The third-order valence-corrected chi connectivity index (χ3v) is 3.73. The van der Waals surface area contributed by atoms with Gasteiger partial charge in [-0.1, -0.05) is 6.92 Å². The third-order valence-electron chi connectivity index (χ3n) is 3.73. The molecule has 18 heavy (non-hydrogen) atoms. The van der Waals surface area contributed by atoms with Gasteiger partial charge in [-0.3, -0.25) is 0 Å². The normalized spacial score (nSPS) is 27.3. The fraction of sp³-hybridized carbons (Fsp3) is 1.00. The van der Waals surface area contributed by atoms with Gasteiger partial charge in [0.2, 0.25) is 0 Å². The predicted molar refractivity (Wildman–Crippen MR) is 73.4 cm³/mol. The highest BCUT2D eigenvalue weighted by Crippen LogP contribution is 2.21. The maximum atomic E-state index is 10.0. The highest BCUT2D eigenvalue weighted by Gasteiger charge is 2.30. The molecule has 1 rings (SSSR count). The number of aliphatic hydroxyl groups is 2. The molecular weight excluding hydrogens is 230 g/mol. The van der Waals surface area contributed by atoms with Gasteiger partial charge in [-0.25, -0.2) is 0 Å². The quantitative estimate of drug-likeness (QED) is 0.437. The van der Waals surface area contributed by atoms with Gasteiger partial charge < -0.3 is 26.2 Å². The minimum absolute atomic E-state index is 0.215. The lowest BCUT2D eigenvalue weighted by Crippen LogP contribution is -2.52. The van der Waals surface area contributed by atoms with Gasteiger partial charge >= 0.3 is 0 Å². The third kappa shape index (κ3) is 5.20. The van der Waals surface area contributed by atoms with E-state index >= 15 is 0 Å². The van der Waals surface area contributed by atoms with E-state index in [4.69, 9.17) is 10.8 Å². The number of likely N-dealkylation sites (tertiary alicyclic amines) is 1. The first kappa shape index (κ1) is 15.9. The lowest BCUT2D eigenvalue weighted by molar-refractivity contribution is 0.0365. The van der Waals surface area contributed by atoms with E-state index < -0.39 is 0 Å². The van der Waals surface area contributed by atoms with Gasteiger partial charge in [0.1, 0.15) is 0 Å². The van der Waals surface area contributed by atoms with E-state index in [1.54, 1.807) is 0 Å². The van der Waals surface area contributed by atoms with Gasteiger partial charge in [-0.05, 0) is 31.7 Å². The lowest BCUT2D eigenvalue weighted by atomic mass is 9.88. The van der Waals surface area contributed by atoms with Gasteiger partial charge in [-0.15, -0.1) is 0 Å². The summed E-state index contributed by atoms with van der Waals surface area (Å²) >= 11 is 0. The van der Waals surface area contributed by atoms with Crippen LogP contribution in [0, 0.1) is 5.92 Å². The molecule has 1 fully saturated rings. The first-order valence-electron chi connectivity index (χ1n) is 7.16. The van der Waals surface area contributed by atoms with E-state index in [1.807, 2.05) is 6.92 Å². The largest absolute Gasteiger partial charge is 0.396 e. The average molecular weight is 259 g/mol. The molecule has 0 bridgehead atoms. The van der Waals surface area contributed by atoms with Crippen molar-refractivity contribution in [1.82, 2.24) is 10.2 Å². The molecule has 1 aliphatic rings. The number of nitrogens with zero attached hydrogens (tertiary/aromatic N) is 1. The monoisotopic (exact) mass is 259 g/mol. The summed E-state index contributed by atoms with van der Waals surface area (Å²) in [7, 11) is 0. The topological polar surface area (TPSA) is 81.8 Å². The molecule has 5 heteroatoms. The van der Waals surface area contributed by atoms with E-state index in [0.29, 0.717) is 18.5 Å². The van der Waals surface area contributed by atoms with Crippen LogP contribution >= 0.6 is 0 Å². The average Bonchev–Trinajstić information content (AvgIpc) is 2.38. The van der Waals surface area contributed by atoms with E-state index in [2.05, 4.69) is 10.2 Å². The second-order valence-electron chi connectivity index (χ2n) is 5.25. The summed E-state index contributed by atoms with van der Waals surface area (Å²) in [6.45, 7) is 6.60. The van der Waals surface area contributed by atoms with Crippen LogP contribution in [0.15, 0.2) is 0 Å². The summed E-state index contributed by atoms with van der Waals surface area (Å²) < 4.78 is 0. The first-order chi connectivity index (χ1) is 8.71. The Kier molecular flexibility index (Phi) is 7.77. The number of nitrogens with two attached hydrogens (primary N) is 1. The molecule has 1 saturated heterocycles. The molecule has 0 spiro atoms. The standard InChI is InChI=1S/C13H29N3O2/c1-2-13(18)11-8-12(15-5-3-7-17)10-16(9-11)6-4-14/h11-13,15,17-18H,2-10,14H2,1H3. The van der Waals surface area contributed by atoms with Gasteiger partial charge in [-0.2, -0.15) is 0 Å². The molecular formula is C13H29N3O2. The molecule has 108 valence electrons. The molecule has 1 heterocycles. The summed E-state index contributed by atoms with van der Waals surface area (Å²) in [5, 5.41) is 22.3. The second kappa shape index (κ2) is 8.82. The highest BCUT2D eigenvalue weighted by molar-refractivity contribution is 4.86. The summed E-state index contributed by atoms with van der Waals surface area (Å²) in [6.07, 6.45) is 2.40. The van der Waals surface area contributed by atoms with Gasteiger partial charge in [0, 0.05) is 38.8 Å². The highest BCUT2D eigenvalue weighted by atomic mass is 16.3. The van der Waals surface area contributed by atoms with Gasteiger partial charge in [0.05, 0.1) is 6.10 Å². The van der Waals surface area contributed by atoms with E-state index in [9.17, 15) is 5.11 Å². The smallest absolute Gasteiger partial charge is 0.0578 e. The van der Waals surface area contributed by atoms with Crippen molar-refractivity contribution in [1.29, 1.82) is 0 Å². The maximum Gasteiger partial charge on any atom is 0.0578 e. The molecule has 5 nitrogen and oxygen atoms in total. The van der Waals surface area contributed by atoms with Crippen molar-refractivity contribution in [2.24, 2.45) is 11.7 Å². The molecule has 0 saturated carbocycles. The van der Waals surface area contributed by atoms with E-state index in [0.717, 1.165) is 45.4 Å². The summed E-state index contributed by atoms with van der Waals surface area (Å²) in [6, 6.07) is 0.406. The molecule has 3 atom stereocenters. The SMILES string of the molecule is CCC(O)C1CC(NCCCO)CN(CCN)C1. The van der Waals surface area contributed by atoms with Crippen LogP contribution in [0.4, 0.5) is 0 Å². The van der Waals surface area contributed by atoms with Crippen molar-refractivity contribution in [2.75, 3.05) is 39.3 Å². The van der Waals surface area contributed by atoms with Crippen molar-refractivity contribution in [3.63, 3.8) is 0 Å². The Hall–Kier alpha value is -0.200. The van der Waals surface area contributed by atoms with Crippen molar-refractivity contribution >= 4 is 0 Å². The Balaban J connectivity index is 2.45. The predicted octanol–water partition coefficient (Wildman–Crippen LogP) is -0.621. The van der Waals surface area contributed by atoms with Crippen LogP contribution < -0.4 is 11.1 Å². The molecule has 5 N–H and O–H groups in total. The van der Waals surface area contributed by atoms with Crippen molar-refractivity contribution < 1.29 is 10.2 Å². The zero-order chi connectivity index (χ0) is 13.4. The molecule has 0 radical (unpaired) electrons. The van der Waals surface area contributed by atoms with Crippen LogP contribution in [0.25, 0.3) is 0 Å². The number of hydrogen-bond acceptors (Lipinski definition) is 5. The van der Waals surface area contributed by atoms with Crippen molar-refractivity contribution in [2.45, 2.75) is 38.3 Å². The number of hydrogen-bond donors (Lipinski definition) is 4. The Morgan fingerprint density at radius 2 is 2.22 bits per heavy atom. The van der Waals surface area contributed by atoms with Gasteiger partial charge in [0.25, 0.3) is 0 Å². The Morgan fingerprint density at radius 1 is 1.44 bits per heavy atom. The van der Waals surface area contributed by atoms with Crippen LogP contribution in [0.5, 0.6) is 0 Å². The number of piperidine rings is 1.